The van der Waals surface area contributed by atoms with Gasteiger partial charge in [0, 0.05) is 37.4 Å². The first kappa shape index (κ1) is 22.0. The predicted octanol–water partition coefficient (Wildman–Crippen LogP) is 2.44. The zero-order valence-corrected chi connectivity index (χ0v) is 18.3. The molecule has 1 unspecified atom stereocenters. The molecule has 0 aromatic heterocycles. The number of carbonyl (C=O) groups excluding carboxylic acids is 3. The van der Waals surface area contributed by atoms with Gasteiger partial charge in [0.15, 0.2) is 11.4 Å². The Labute approximate surface area is 167 Å². The first-order chi connectivity index (χ1) is 12.8. The SMILES string of the molecule is CCCN1C(=O)C2=NC(C(C)(C)C)=NC2(C(C)(C)C)N(CCNC(C)=O)C1=O. The third-order valence-electron chi connectivity index (χ3n) is 4.99. The molecule has 156 valence electrons. The number of hydrogen-bond donors (Lipinski definition) is 1. The van der Waals surface area contributed by atoms with Crippen LogP contribution < -0.4 is 5.32 Å². The van der Waals surface area contributed by atoms with E-state index in [0.717, 1.165) is 0 Å². The fraction of sp³-hybridized carbons (Fsp3) is 0.750. The summed E-state index contributed by atoms with van der Waals surface area (Å²) in [5.41, 5.74) is -1.84. The van der Waals surface area contributed by atoms with Crippen LogP contribution in [0.15, 0.2) is 9.98 Å². The first-order valence-corrected chi connectivity index (χ1v) is 9.84. The minimum Gasteiger partial charge on any atom is -0.355 e. The Kier molecular flexibility index (Phi) is 5.74. The summed E-state index contributed by atoms with van der Waals surface area (Å²) in [7, 11) is 0. The molecule has 2 aliphatic heterocycles. The fourth-order valence-corrected chi connectivity index (χ4v) is 3.58. The van der Waals surface area contributed by atoms with E-state index in [4.69, 9.17) is 4.99 Å². The molecular weight excluding hydrogens is 358 g/mol. The molecule has 1 saturated heterocycles. The Morgan fingerprint density at radius 2 is 1.71 bits per heavy atom. The van der Waals surface area contributed by atoms with Gasteiger partial charge in [-0.15, -0.1) is 0 Å². The highest BCUT2D eigenvalue weighted by Gasteiger charge is 2.63. The molecule has 0 aromatic carbocycles. The topological polar surface area (TPSA) is 94.4 Å². The zero-order valence-electron chi connectivity index (χ0n) is 18.3. The van der Waals surface area contributed by atoms with Crippen LogP contribution in [0.3, 0.4) is 0 Å². The number of carbonyl (C=O) groups is 3. The number of rotatable bonds is 5. The number of imide groups is 1. The lowest BCUT2D eigenvalue weighted by Gasteiger charge is -2.51. The number of nitrogens with one attached hydrogen (secondary N) is 1. The quantitative estimate of drug-likeness (QED) is 0.780. The van der Waals surface area contributed by atoms with E-state index >= 15 is 0 Å². The predicted molar refractivity (Wildman–Crippen MR) is 109 cm³/mol. The standard InChI is InChI=1S/C20H33N5O3/c1-9-11-24-15(27)14-20(19(6,7)8,23-16(22-14)18(3,4)5)25(17(24)28)12-10-21-13(2)26/h9-12H2,1-8H3,(H,21,26). The van der Waals surface area contributed by atoms with Gasteiger partial charge < -0.3 is 5.32 Å². The van der Waals surface area contributed by atoms with Crippen LogP contribution in [-0.2, 0) is 9.59 Å². The van der Waals surface area contributed by atoms with Crippen molar-refractivity contribution >= 4 is 29.4 Å². The van der Waals surface area contributed by atoms with Crippen molar-refractivity contribution < 1.29 is 14.4 Å². The lowest BCUT2D eigenvalue weighted by Crippen LogP contribution is -2.73. The zero-order chi connectivity index (χ0) is 21.5. The monoisotopic (exact) mass is 391 g/mol. The van der Waals surface area contributed by atoms with E-state index in [0.29, 0.717) is 24.5 Å². The smallest absolute Gasteiger partial charge is 0.329 e. The van der Waals surface area contributed by atoms with Gasteiger partial charge in [-0.1, -0.05) is 48.5 Å². The van der Waals surface area contributed by atoms with Crippen LogP contribution >= 0.6 is 0 Å². The molecule has 1 atom stereocenters. The normalized spacial score (nSPS) is 22.9. The van der Waals surface area contributed by atoms with Crippen LogP contribution in [0.25, 0.3) is 0 Å². The van der Waals surface area contributed by atoms with Crippen molar-refractivity contribution in [2.75, 3.05) is 19.6 Å². The van der Waals surface area contributed by atoms with Gasteiger partial charge in [0.1, 0.15) is 5.84 Å². The van der Waals surface area contributed by atoms with Crippen molar-refractivity contribution in [2.24, 2.45) is 20.8 Å². The second-order valence-electron chi connectivity index (χ2n) is 9.44. The van der Waals surface area contributed by atoms with Gasteiger partial charge in [0.25, 0.3) is 5.91 Å². The van der Waals surface area contributed by atoms with Gasteiger partial charge in [-0.25, -0.2) is 14.8 Å². The highest BCUT2D eigenvalue weighted by molar-refractivity contribution is 6.49. The molecule has 0 radical (unpaired) electrons. The van der Waals surface area contributed by atoms with Crippen molar-refractivity contribution in [3.05, 3.63) is 0 Å². The van der Waals surface area contributed by atoms with Crippen LogP contribution in [0.5, 0.6) is 0 Å². The van der Waals surface area contributed by atoms with Crippen LogP contribution in [-0.4, -0.2) is 64.5 Å². The summed E-state index contributed by atoms with van der Waals surface area (Å²) in [6, 6.07) is -0.384. The Hall–Kier alpha value is -2.25. The summed E-state index contributed by atoms with van der Waals surface area (Å²) in [6.07, 6.45) is 0.653. The maximum atomic E-state index is 13.3. The Balaban J connectivity index is 2.65. The van der Waals surface area contributed by atoms with Crippen molar-refractivity contribution in [3.8, 4) is 0 Å². The molecule has 2 heterocycles. The van der Waals surface area contributed by atoms with Crippen molar-refractivity contribution in [2.45, 2.75) is 67.5 Å². The Morgan fingerprint density at radius 1 is 1.11 bits per heavy atom. The average Bonchev–Trinajstić information content (AvgIpc) is 2.96. The lowest BCUT2D eigenvalue weighted by molar-refractivity contribution is -0.126. The second-order valence-corrected chi connectivity index (χ2v) is 9.44. The van der Waals surface area contributed by atoms with Gasteiger partial charge in [-0.2, -0.15) is 0 Å². The van der Waals surface area contributed by atoms with Gasteiger partial charge in [-0.3, -0.25) is 19.4 Å². The van der Waals surface area contributed by atoms with Gasteiger partial charge >= 0.3 is 6.03 Å². The molecule has 0 bridgehead atoms. The number of amidine groups is 1. The largest absolute Gasteiger partial charge is 0.355 e. The third kappa shape index (κ3) is 3.56. The summed E-state index contributed by atoms with van der Waals surface area (Å²) in [6.45, 7) is 16.0. The summed E-state index contributed by atoms with van der Waals surface area (Å²) in [4.78, 5) is 50.4. The first-order valence-electron chi connectivity index (χ1n) is 9.84. The molecule has 2 aliphatic rings. The highest BCUT2D eigenvalue weighted by Crippen LogP contribution is 2.46. The number of nitrogens with zero attached hydrogens (tertiary/aromatic N) is 4. The molecule has 4 amide bonds. The van der Waals surface area contributed by atoms with E-state index in [2.05, 4.69) is 10.3 Å². The molecule has 8 nitrogen and oxygen atoms in total. The summed E-state index contributed by atoms with van der Waals surface area (Å²) in [5.74, 6) is 0.0111. The molecular formula is C20H33N5O3. The minimum atomic E-state index is -1.19. The maximum Gasteiger partial charge on any atom is 0.329 e. The molecule has 1 fully saturated rings. The van der Waals surface area contributed by atoms with E-state index in [1.165, 1.54) is 11.8 Å². The summed E-state index contributed by atoms with van der Waals surface area (Å²) >= 11 is 0. The number of amides is 4. The Morgan fingerprint density at radius 3 is 2.18 bits per heavy atom. The van der Waals surface area contributed by atoms with E-state index in [-0.39, 0.29) is 36.3 Å². The van der Waals surface area contributed by atoms with E-state index in [1.807, 2.05) is 48.5 Å². The number of urea groups is 1. The van der Waals surface area contributed by atoms with Crippen LogP contribution in [0.2, 0.25) is 0 Å². The molecule has 0 aromatic rings. The molecule has 28 heavy (non-hydrogen) atoms. The number of fused-ring (bicyclic) bond motifs is 1. The molecule has 2 rings (SSSR count). The fourth-order valence-electron chi connectivity index (χ4n) is 3.58. The third-order valence-corrected chi connectivity index (χ3v) is 4.99. The molecule has 0 aliphatic carbocycles. The van der Waals surface area contributed by atoms with E-state index in [1.54, 1.807) is 4.90 Å². The molecule has 8 heteroatoms. The molecule has 0 saturated carbocycles. The maximum absolute atomic E-state index is 13.3. The molecule has 1 N–H and O–H groups in total. The van der Waals surface area contributed by atoms with Crippen molar-refractivity contribution in [3.63, 3.8) is 0 Å². The van der Waals surface area contributed by atoms with Crippen molar-refractivity contribution in [1.29, 1.82) is 0 Å². The van der Waals surface area contributed by atoms with Gasteiger partial charge in [0.05, 0.1) is 0 Å². The highest BCUT2D eigenvalue weighted by atomic mass is 16.2. The minimum absolute atomic E-state index is 0.171. The van der Waals surface area contributed by atoms with E-state index < -0.39 is 11.1 Å². The number of aliphatic imine (C=N–C) groups is 2. The van der Waals surface area contributed by atoms with Crippen LogP contribution in [0, 0.1) is 10.8 Å². The van der Waals surface area contributed by atoms with Crippen molar-refractivity contribution in [1.82, 2.24) is 15.1 Å². The van der Waals surface area contributed by atoms with Gasteiger partial charge in [0.2, 0.25) is 5.91 Å². The Bertz CT molecular complexity index is 742. The van der Waals surface area contributed by atoms with E-state index in [9.17, 15) is 14.4 Å². The number of hydrogen-bond acceptors (Lipinski definition) is 5. The van der Waals surface area contributed by atoms with Crippen LogP contribution in [0.4, 0.5) is 4.79 Å². The summed E-state index contributed by atoms with van der Waals surface area (Å²) < 4.78 is 0. The lowest BCUT2D eigenvalue weighted by atomic mass is 9.75. The second kappa shape index (κ2) is 7.29. The van der Waals surface area contributed by atoms with Gasteiger partial charge in [-0.05, 0) is 6.42 Å². The van der Waals surface area contributed by atoms with Crippen LogP contribution in [0.1, 0.15) is 61.8 Å². The average molecular weight is 392 g/mol. The molecule has 0 spiro atoms. The summed E-state index contributed by atoms with van der Waals surface area (Å²) in [5, 5.41) is 2.74.